The van der Waals surface area contributed by atoms with Crippen molar-refractivity contribution in [2.45, 2.75) is 0 Å². The SMILES string of the molecule is COc1cc(Cl)ccc1Oc1cc(F)c(C(=O)O)cc1-c1cccnc1OC. The van der Waals surface area contributed by atoms with Crippen molar-refractivity contribution in [2.75, 3.05) is 14.2 Å². The van der Waals surface area contributed by atoms with Crippen molar-refractivity contribution < 1.29 is 28.5 Å². The van der Waals surface area contributed by atoms with Gasteiger partial charge in [-0.1, -0.05) is 11.6 Å². The first-order chi connectivity index (χ1) is 13.4. The number of rotatable bonds is 6. The van der Waals surface area contributed by atoms with E-state index in [-0.39, 0.29) is 17.4 Å². The molecule has 0 spiro atoms. The lowest BCUT2D eigenvalue weighted by molar-refractivity contribution is 0.0692. The number of carboxylic acid groups (broad SMARTS) is 1. The Kier molecular flexibility index (Phi) is 5.65. The van der Waals surface area contributed by atoms with E-state index in [1.807, 2.05) is 0 Å². The maximum Gasteiger partial charge on any atom is 0.338 e. The summed E-state index contributed by atoms with van der Waals surface area (Å²) in [4.78, 5) is 15.5. The third-order valence-electron chi connectivity index (χ3n) is 3.90. The van der Waals surface area contributed by atoms with Crippen LogP contribution in [-0.4, -0.2) is 30.3 Å². The van der Waals surface area contributed by atoms with Crippen LogP contribution in [0.1, 0.15) is 10.4 Å². The molecule has 0 radical (unpaired) electrons. The number of aromatic carboxylic acids is 1. The highest BCUT2D eigenvalue weighted by Crippen LogP contribution is 2.41. The van der Waals surface area contributed by atoms with Crippen molar-refractivity contribution in [3.8, 4) is 34.3 Å². The first-order valence-corrected chi connectivity index (χ1v) is 8.40. The molecule has 3 rings (SSSR count). The molecular weight excluding hydrogens is 389 g/mol. The predicted molar refractivity (Wildman–Crippen MR) is 101 cm³/mol. The molecule has 0 atom stereocenters. The van der Waals surface area contributed by atoms with E-state index in [0.29, 0.717) is 21.9 Å². The van der Waals surface area contributed by atoms with Gasteiger partial charge in [0.25, 0.3) is 0 Å². The molecule has 0 bridgehead atoms. The number of carboxylic acids is 1. The summed E-state index contributed by atoms with van der Waals surface area (Å²) in [6.07, 6.45) is 1.52. The molecule has 0 aliphatic heterocycles. The number of halogens is 2. The van der Waals surface area contributed by atoms with Crippen molar-refractivity contribution in [3.05, 3.63) is 65.1 Å². The number of ether oxygens (including phenoxy) is 3. The van der Waals surface area contributed by atoms with Crippen LogP contribution in [0.15, 0.2) is 48.7 Å². The summed E-state index contributed by atoms with van der Waals surface area (Å²) in [6, 6.07) is 10.2. The fourth-order valence-corrected chi connectivity index (χ4v) is 2.78. The molecule has 0 saturated carbocycles. The normalized spacial score (nSPS) is 10.4. The number of nitrogens with zero attached hydrogens (tertiary/aromatic N) is 1. The first-order valence-electron chi connectivity index (χ1n) is 8.02. The third-order valence-corrected chi connectivity index (χ3v) is 4.14. The second-order valence-electron chi connectivity index (χ2n) is 5.59. The van der Waals surface area contributed by atoms with E-state index in [9.17, 15) is 14.3 Å². The maximum absolute atomic E-state index is 14.4. The highest BCUT2D eigenvalue weighted by Gasteiger charge is 2.21. The van der Waals surface area contributed by atoms with Gasteiger partial charge in [0, 0.05) is 34.5 Å². The van der Waals surface area contributed by atoms with Gasteiger partial charge in [-0.3, -0.25) is 0 Å². The highest BCUT2D eigenvalue weighted by atomic mass is 35.5. The molecule has 8 heteroatoms. The molecule has 0 aliphatic rings. The first kappa shape index (κ1) is 19.4. The average molecular weight is 404 g/mol. The summed E-state index contributed by atoms with van der Waals surface area (Å²) >= 11 is 5.96. The summed E-state index contributed by atoms with van der Waals surface area (Å²) in [6.45, 7) is 0. The van der Waals surface area contributed by atoms with E-state index >= 15 is 0 Å². The van der Waals surface area contributed by atoms with E-state index < -0.39 is 17.3 Å². The van der Waals surface area contributed by atoms with Crippen LogP contribution in [0.5, 0.6) is 23.1 Å². The summed E-state index contributed by atoms with van der Waals surface area (Å²) in [5.74, 6) is -1.44. The Bertz CT molecular complexity index is 1040. The number of pyridine rings is 1. The topological polar surface area (TPSA) is 77.9 Å². The third kappa shape index (κ3) is 3.84. The van der Waals surface area contributed by atoms with Gasteiger partial charge in [-0.2, -0.15) is 0 Å². The average Bonchev–Trinajstić information content (AvgIpc) is 2.69. The van der Waals surface area contributed by atoms with E-state index in [1.165, 1.54) is 26.5 Å². The molecule has 0 unspecified atom stereocenters. The predicted octanol–water partition coefficient (Wildman–Crippen LogP) is 5.05. The zero-order chi connectivity index (χ0) is 20.3. The standard InChI is InChI=1S/C20H15ClFNO5/c1-26-18-8-11(21)5-6-16(18)28-17-10-15(22)14(20(24)25)9-13(17)12-4-3-7-23-19(12)27-2/h3-10H,1-2H3,(H,24,25). The van der Waals surface area contributed by atoms with Gasteiger partial charge >= 0.3 is 5.97 Å². The van der Waals surface area contributed by atoms with Gasteiger partial charge in [0.2, 0.25) is 5.88 Å². The summed E-state index contributed by atoms with van der Waals surface area (Å²) < 4.78 is 30.7. The fourth-order valence-electron chi connectivity index (χ4n) is 2.62. The van der Waals surface area contributed by atoms with Crippen LogP contribution in [0.25, 0.3) is 11.1 Å². The van der Waals surface area contributed by atoms with Crippen LogP contribution in [-0.2, 0) is 0 Å². The lowest BCUT2D eigenvalue weighted by atomic mass is 10.0. The van der Waals surface area contributed by atoms with Gasteiger partial charge in [-0.25, -0.2) is 14.2 Å². The molecule has 0 amide bonds. The molecule has 1 N–H and O–H groups in total. The fraction of sp³-hybridized carbons (Fsp3) is 0.100. The van der Waals surface area contributed by atoms with Gasteiger partial charge in [-0.05, 0) is 30.3 Å². The Morgan fingerprint density at radius 1 is 1.04 bits per heavy atom. The smallest absolute Gasteiger partial charge is 0.338 e. The molecule has 28 heavy (non-hydrogen) atoms. The van der Waals surface area contributed by atoms with E-state index in [4.69, 9.17) is 25.8 Å². The number of carbonyl (C=O) groups is 1. The minimum Gasteiger partial charge on any atom is -0.493 e. The number of hydrogen-bond acceptors (Lipinski definition) is 5. The van der Waals surface area contributed by atoms with Gasteiger partial charge < -0.3 is 19.3 Å². The maximum atomic E-state index is 14.4. The zero-order valence-corrected chi connectivity index (χ0v) is 15.7. The summed E-state index contributed by atoms with van der Waals surface area (Å²) in [7, 11) is 2.87. The van der Waals surface area contributed by atoms with Crippen LogP contribution in [0, 0.1) is 5.82 Å². The number of methoxy groups -OCH3 is 2. The minimum absolute atomic E-state index is 0.0643. The molecule has 1 aromatic heterocycles. The molecule has 0 aliphatic carbocycles. The molecule has 0 fully saturated rings. The van der Waals surface area contributed by atoms with E-state index in [0.717, 1.165) is 6.07 Å². The summed E-state index contributed by atoms with van der Waals surface area (Å²) in [5, 5.41) is 9.73. The van der Waals surface area contributed by atoms with Crippen LogP contribution in [0.3, 0.4) is 0 Å². The van der Waals surface area contributed by atoms with Crippen LogP contribution >= 0.6 is 11.6 Å². The van der Waals surface area contributed by atoms with Crippen molar-refractivity contribution >= 4 is 17.6 Å². The molecule has 6 nitrogen and oxygen atoms in total. The lowest BCUT2D eigenvalue weighted by Gasteiger charge is -2.16. The van der Waals surface area contributed by atoms with Crippen molar-refractivity contribution in [2.24, 2.45) is 0 Å². The monoisotopic (exact) mass is 403 g/mol. The Morgan fingerprint density at radius 2 is 1.82 bits per heavy atom. The number of benzene rings is 2. The van der Waals surface area contributed by atoms with Gasteiger partial charge in [0.15, 0.2) is 11.5 Å². The second-order valence-corrected chi connectivity index (χ2v) is 6.03. The molecular formula is C20H15ClFNO5. The minimum atomic E-state index is -1.41. The van der Waals surface area contributed by atoms with Crippen molar-refractivity contribution in [1.29, 1.82) is 0 Å². The number of aromatic nitrogens is 1. The Morgan fingerprint density at radius 3 is 2.50 bits per heavy atom. The highest BCUT2D eigenvalue weighted by molar-refractivity contribution is 6.30. The van der Waals surface area contributed by atoms with Crippen LogP contribution < -0.4 is 14.2 Å². The Hall–Kier alpha value is -3.32. The second kappa shape index (κ2) is 8.14. The van der Waals surface area contributed by atoms with Gasteiger partial charge in [0.05, 0.1) is 19.8 Å². The quantitative estimate of drug-likeness (QED) is 0.620. The van der Waals surface area contributed by atoms with Crippen LogP contribution in [0.4, 0.5) is 4.39 Å². The molecule has 2 aromatic carbocycles. The Balaban J connectivity index is 2.20. The molecule has 3 aromatic rings. The number of hydrogen-bond donors (Lipinski definition) is 1. The van der Waals surface area contributed by atoms with Crippen molar-refractivity contribution in [1.82, 2.24) is 4.98 Å². The van der Waals surface area contributed by atoms with E-state index in [2.05, 4.69) is 4.98 Å². The van der Waals surface area contributed by atoms with Crippen molar-refractivity contribution in [3.63, 3.8) is 0 Å². The van der Waals surface area contributed by atoms with Gasteiger partial charge in [0.1, 0.15) is 11.6 Å². The summed E-state index contributed by atoms with van der Waals surface area (Å²) in [5.41, 5.74) is 0.229. The largest absolute Gasteiger partial charge is 0.493 e. The molecule has 0 saturated heterocycles. The Labute approximate surface area is 165 Å². The van der Waals surface area contributed by atoms with E-state index in [1.54, 1.807) is 30.3 Å². The lowest BCUT2D eigenvalue weighted by Crippen LogP contribution is -2.03. The van der Waals surface area contributed by atoms with Crippen LogP contribution in [0.2, 0.25) is 5.02 Å². The van der Waals surface area contributed by atoms with Gasteiger partial charge in [-0.15, -0.1) is 0 Å². The molecule has 1 heterocycles. The zero-order valence-electron chi connectivity index (χ0n) is 14.9. The molecule has 144 valence electrons.